The molecule has 2 unspecified atom stereocenters. The third-order valence-corrected chi connectivity index (χ3v) is 15.8. The van der Waals surface area contributed by atoms with Crippen molar-refractivity contribution in [2.24, 2.45) is 0 Å². The second-order valence-corrected chi connectivity index (χ2v) is 20.3. The summed E-state index contributed by atoms with van der Waals surface area (Å²) in [6, 6.07) is 21.5. The van der Waals surface area contributed by atoms with Crippen LogP contribution in [-0.2, 0) is 14.3 Å². The average molecular weight is 937 g/mol. The van der Waals surface area contributed by atoms with E-state index in [1.165, 1.54) is 90.1 Å². The molecule has 0 aromatic heterocycles. The van der Waals surface area contributed by atoms with E-state index < -0.39 is 5.97 Å². The normalized spacial score (nSPS) is 34.5. The van der Waals surface area contributed by atoms with E-state index in [1.807, 2.05) is 54.6 Å². The molecule has 10 rings (SSSR count). The maximum Gasteiger partial charge on any atom is 0.331 e. The van der Waals surface area contributed by atoms with Gasteiger partial charge in [-0.3, -0.25) is 19.6 Å². The Morgan fingerprint density at radius 1 is 0.525 bits per heavy atom. The van der Waals surface area contributed by atoms with Crippen LogP contribution in [0.2, 0.25) is 0 Å². The van der Waals surface area contributed by atoms with Gasteiger partial charge in [-0.15, -0.1) is 0 Å². The number of esters is 1. The molecule has 11 heteroatoms. The summed E-state index contributed by atoms with van der Waals surface area (Å²) in [4.78, 5) is 33.7. The van der Waals surface area contributed by atoms with Crippen LogP contribution in [0.4, 0.5) is 0 Å². The number of aliphatic carboxylic acids is 1. The van der Waals surface area contributed by atoms with E-state index in [2.05, 4.69) is 51.5 Å². The molecule has 0 aliphatic carbocycles. The summed E-state index contributed by atoms with van der Waals surface area (Å²) in [5, 5.41) is 18.2. The third-order valence-electron chi connectivity index (χ3n) is 14.8. The molecule has 9 nitrogen and oxygen atoms in total. The maximum absolute atomic E-state index is 12.4. The van der Waals surface area contributed by atoms with Gasteiger partial charge in [0.2, 0.25) is 0 Å². The van der Waals surface area contributed by atoms with Crippen molar-refractivity contribution in [1.29, 1.82) is 0 Å². The summed E-state index contributed by atoms with van der Waals surface area (Å²) >= 11 is 6.72. The first-order valence-electron chi connectivity index (χ1n) is 22.7. The van der Waals surface area contributed by atoms with E-state index in [-0.39, 0.29) is 18.2 Å². The van der Waals surface area contributed by atoms with Crippen LogP contribution in [0, 0.1) is 0 Å². The number of hydrogen-bond donors (Lipinski definition) is 2. The van der Waals surface area contributed by atoms with Gasteiger partial charge in [-0.2, -0.15) is 0 Å². The lowest BCUT2D eigenvalue weighted by Gasteiger charge is -2.58. The first-order chi connectivity index (χ1) is 28.6. The molecule has 8 saturated heterocycles. The van der Waals surface area contributed by atoms with E-state index in [0.29, 0.717) is 12.1 Å². The predicted octanol–water partition coefficient (Wildman–Crippen LogP) is 8.78. The smallest absolute Gasteiger partial charge is 0.331 e. The van der Waals surface area contributed by atoms with Gasteiger partial charge >= 0.3 is 11.9 Å². The van der Waals surface area contributed by atoms with Crippen LogP contribution in [0.5, 0.6) is 0 Å². The Kier molecular flexibility index (Phi) is 14.8. The summed E-state index contributed by atoms with van der Waals surface area (Å²) in [5.74, 6) is -1.14. The van der Waals surface area contributed by atoms with Crippen molar-refractivity contribution in [1.82, 2.24) is 19.6 Å². The van der Waals surface area contributed by atoms with Crippen molar-refractivity contribution in [3.63, 3.8) is 0 Å². The Bertz CT molecular complexity index is 1780. The second kappa shape index (κ2) is 20.2. The van der Waals surface area contributed by atoms with Crippen molar-refractivity contribution in [3.05, 3.63) is 80.8 Å². The van der Waals surface area contributed by atoms with Gasteiger partial charge in [0.15, 0.2) is 0 Å². The highest BCUT2D eigenvalue weighted by atomic mass is 79.9. The first kappa shape index (κ1) is 43.3. The van der Waals surface area contributed by atoms with Gasteiger partial charge in [0, 0.05) is 88.9 Å². The Morgan fingerprint density at radius 3 is 1.46 bits per heavy atom. The Labute approximate surface area is 368 Å². The molecule has 2 aromatic carbocycles. The number of rotatable bonds is 5. The summed E-state index contributed by atoms with van der Waals surface area (Å²) in [5.41, 5.74) is 1.89. The molecule has 2 aromatic rings. The summed E-state index contributed by atoms with van der Waals surface area (Å²) < 4.78 is 7.86. The minimum absolute atomic E-state index is 0.0257. The summed E-state index contributed by atoms with van der Waals surface area (Å²) in [6.07, 6.45) is 26.7. The lowest BCUT2D eigenvalue weighted by Crippen LogP contribution is -2.65. The van der Waals surface area contributed by atoms with Crippen LogP contribution in [0.3, 0.4) is 0 Å². The number of piperidine rings is 8. The number of aliphatic hydroxyl groups excluding tert-OH is 1. The van der Waals surface area contributed by atoms with Crippen molar-refractivity contribution in [3.8, 4) is 0 Å². The number of carbonyl (C=O) groups is 2. The highest BCUT2D eigenvalue weighted by Gasteiger charge is 2.48. The number of ether oxygens (including phenoxy) is 1. The van der Waals surface area contributed by atoms with E-state index in [1.54, 1.807) is 12.2 Å². The Hall–Kier alpha value is -2.38. The van der Waals surface area contributed by atoms with Crippen LogP contribution in [-0.4, -0.2) is 128 Å². The number of carbonyl (C=O) groups excluding carboxylic acids is 1. The molecule has 10 atom stereocenters. The van der Waals surface area contributed by atoms with Gasteiger partial charge < -0.3 is 14.9 Å². The lowest BCUT2D eigenvalue weighted by atomic mass is 9.76. The first-order valence-corrected chi connectivity index (χ1v) is 24.3. The highest BCUT2D eigenvalue weighted by molar-refractivity contribution is 9.10. The molecule has 8 heterocycles. The fourth-order valence-electron chi connectivity index (χ4n) is 12.2. The quantitative estimate of drug-likeness (QED) is 0.226. The minimum atomic E-state index is -0.932. The molecule has 8 aliphatic rings. The molecular weight excluding hydrogens is 872 g/mol. The molecule has 8 aliphatic heterocycles. The number of hydrogen-bond acceptors (Lipinski definition) is 8. The summed E-state index contributed by atoms with van der Waals surface area (Å²) in [6.45, 7) is 4.88. The zero-order chi connectivity index (χ0) is 40.9. The number of carboxylic acids is 1. The van der Waals surface area contributed by atoms with E-state index in [4.69, 9.17) is 9.84 Å². The number of aliphatic hydroxyl groups is 1. The standard InChI is InChI=1S/C24H31BrN2O2.C15H26N2O.C9H7BrO2/c25-18-7-4-17(5-8-18)6-9-24(28)29-23-10-12-27-20-13-19-3-1-2-11-26(19)21(14-20)15-22(27)16-23;18-15-4-6-17-12-7-11-3-1-2-5-16(11)13(8-12)9-14(17)10-15;10-8-4-1-7(2-5-8)3-6-9(11)12/h4-9,19-23H,1-3,10-16H2;11-15,18H,1-10H2;1-6H,(H,11,12)/b9-6-;;6-3+/t19-,20+,21+,22-,23?;11-,12+,13+,14-,15?;/m11./s1. The van der Waals surface area contributed by atoms with Crippen LogP contribution in [0.15, 0.2) is 69.6 Å². The predicted molar refractivity (Wildman–Crippen MR) is 241 cm³/mol. The molecule has 59 heavy (non-hydrogen) atoms. The number of carboxylic acid groups (broad SMARTS) is 1. The number of benzene rings is 2. The van der Waals surface area contributed by atoms with Gasteiger partial charge in [-0.1, -0.05) is 69.0 Å². The Morgan fingerprint density at radius 2 is 0.949 bits per heavy atom. The minimum Gasteiger partial charge on any atom is -0.478 e. The van der Waals surface area contributed by atoms with E-state index in [9.17, 15) is 14.7 Å². The molecule has 2 N–H and O–H groups in total. The number of fused-ring (bicyclic) bond motifs is 12. The molecule has 8 fully saturated rings. The maximum atomic E-state index is 12.4. The molecular formula is C48H64Br2N4O5. The molecule has 0 saturated carbocycles. The average Bonchev–Trinajstić information content (AvgIpc) is 3.24. The number of nitrogens with zero attached hydrogens (tertiary/aromatic N) is 4. The van der Waals surface area contributed by atoms with Gasteiger partial charge in [0.1, 0.15) is 6.10 Å². The van der Waals surface area contributed by atoms with Gasteiger partial charge in [-0.25, -0.2) is 9.59 Å². The topological polar surface area (TPSA) is 96.8 Å². The molecule has 0 radical (unpaired) electrons. The Balaban J connectivity index is 0.000000137. The van der Waals surface area contributed by atoms with Gasteiger partial charge in [0.25, 0.3) is 0 Å². The fourth-order valence-corrected chi connectivity index (χ4v) is 12.7. The monoisotopic (exact) mass is 934 g/mol. The SMILES string of the molecule is O=C(/C=C\c1ccc(Br)cc1)OC1CCN2[C@@H]3C[C@@H](C[C@@H]2C1)N1CCCC[C@@H]1C3.O=C(O)/C=C/c1ccc(Br)cc1.OC1CCN2[C@@H]3C[C@@H](C[C@@H]2C1)N1CCCC[C@@H]1C3. The van der Waals surface area contributed by atoms with Crippen molar-refractivity contribution in [2.75, 3.05) is 26.2 Å². The van der Waals surface area contributed by atoms with E-state index >= 15 is 0 Å². The highest BCUT2D eigenvalue weighted by Crippen LogP contribution is 2.43. The van der Waals surface area contributed by atoms with Gasteiger partial charge in [0.05, 0.1) is 6.10 Å². The van der Waals surface area contributed by atoms with Crippen molar-refractivity contribution in [2.45, 2.75) is 163 Å². The molecule has 4 bridgehead atoms. The second-order valence-electron chi connectivity index (χ2n) is 18.5. The van der Waals surface area contributed by atoms with Gasteiger partial charge in [-0.05, 0) is 144 Å². The van der Waals surface area contributed by atoms with Crippen LogP contribution < -0.4 is 0 Å². The molecule has 0 amide bonds. The molecule has 320 valence electrons. The van der Waals surface area contributed by atoms with Crippen LogP contribution in [0.25, 0.3) is 12.2 Å². The third kappa shape index (κ3) is 11.2. The zero-order valence-electron chi connectivity index (χ0n) is 34.5. The lowest BCUT2D eigenvalue weighted by molar-refractivity contribution is -0.150. The summed E-state index contributed by atoms with van der Waals surface area (Å²) in [7, 11) is 0. The van der Waals surface area contributed by atoms with Crippen LogP contribution in [0.1, 0.15) is 114 Å². The fraction of sp³-hybridized carbons (Fsp3) is 0.625. The number of halogens is 2. The largest absolute Gasteiger partial charge is 0.478 e. The van der Waals surface area contributed by atoms with Crippen molar-refractivity contribution < 1.29 is 24.5 Å². The molecule has 0 spiro atoms. The van der Waals surface area contributed by atoms with Crippen LogP contribution >= 0.6 is 31.9 Å². The zero-order valence-corrected chi connectivity index (χ0v) is 37.7. The van der Waals surface area contributed by atoms with Crippen molar-refractivity contribution >= 4 is 56.0 Å². The van der Waals surface area contributed by atoms with E-state index in [0.717, 1.165) is 101 Å².